The number of rotatable bonds is 3. The molecule has 1 unspecified atom stereocenters. The summed E-state index contributed by atoms with van der Waals surface area (Å²) in [6.45, 7) is 2.57. The SMILES string of the molecule is CCC1CN(C(=O)c2cc[n+](C)cc2)c2cccc([CH]=[Ru]([Cl])[Cl])c2O1. The first-order chi connectivity index (χ1) is 12.0. The summed E-state index contributed by atoms with van der Waals surface area (Å²) in [4.78, 5) is 14.9. The molecule has 1 amide bonds. The first-order valence-corrected chi connectivity index (χ1v) is 13.4. The average Bonchev–Trinajstić information content (AvgIpc) is 2.61. The molecule has 0 radical (unpaired) electrons. The van der Waals surface area contributed by atoms with E-state index in [0.717, 1.165) is 17.7 Å². The first kappa shape index (κ1) is 18.5. The molecular weight excluding hydrogens is 448 g/mol. The monoisotopic (exact) mass is 467 g/mol. The molecule has 0 fully saturated rings. The number of amides is 1. The third-order valence-corrected chi connectivity index (χ3v) is 5.93. The first-order valence-electron chi connectivity index (χ1n) is 7.89. The number of aryl methyl sites for hydroxylation is 1. The van der Waals surface area contributed by atoms with Gasteiger partial charge < -0.3 is 0 Å². The Morgan fingerprint density at radius 1 is 1.36 bits per heavy atom. The number of pyridine rings is 1. The second-order valence-corrected chi connectivity index (χ2v) is 11.5. The van der Waals surface area contributed by atoms with Gasteiger partial charge in [0.2, 0.25) is 0 Å². The molecule has 0 N–H and O–H groups in total. The zero-order chi connectivity index (χ0) is 18.0. The molecule has 0 bridgehead atoms. The van der Waals surface area contributed by atoms with Gasteiger partial charge in [-0.2, -0.15) is 0 Å². The van der Waals surface area contributed by atoms with Crippen LogP contribution in [0.25, 0.3) is 0 Å². The Morgan fingerprint density at radius 2 is 2.08 bits per heavy atom. The summed E-state index contributed by atoms with van der Waals surface area (Å²) >= 11 is -1.99. The van der Waals surface area contributed by atoms with E-state index < -0.39 is 13.5 Å². The fourth-order valence-corrected chi connectivity index (χ4v) is 4.54. The Hall–Kier alpha value is -1.29. The summed E-state index contributed by atoms with van der Waals surface area (Å²) in [6.07, 6.45) is 4.49. The van der Waals surface area contributed by atoms with Crippen molar-refractivity contribution < 1.29 is 27.6 Å². The summed E-state index contributed by atoms with van der Waals surface area (Å²) in [7, 11) is 14.0. The van der Waals surface area contributed by atoms with Crippen molar-refractivity contribution >= 4 is 35.6 Å². The molecule has 2 aromatic rings. The maximum absolute atomic E-state index is 13.1. The fourth-order valence-electron chi connectivity index (χ4n) is 2.76. The van der Waals surface area contributed by atoms with E-state index >= 15 is 0 Å². The molecule has 4 nitrogen and oxygen atoms in total. The van der Waals surface area contributed by atoms with Crippen LogP contribution in [0.4, 0.5) is 5.69 Å². The number of carbonyl (C=O) groups excluding carboxylic acids is 1. The van der Waals surface area contributed by atoms with E-state index in [2.05, 4.69) is 0 Å². The van der Waals surface area contributed by atoms with Crippen LogP contribution < -0.4 is 14.2 Å². The van der Waals surface area contributed by atoms with Crippen LogP contribution in [0.5, 0.6) is 5.75 Å². The zero-order valence-electron chi connectivity index (χ0n) is 13.9. The van der Waals surface area contributed by atoms with Gasteiger partial charge in [0.1, 0.15) is 0 Å². The molecule has 3 rings (SSSR count). The number of fused-ring (bicyclic) bond motifs is 1. The number of halogens is 2. The van der Waals surface area contributed by atoms with Gasteiger partial charge >= 0.3 is 161 Å². The molecular formula is C18H19Cl2N2O2Ru+. The minimum absolute atomic E-state index is 0.0355. The number of hydrogen-bond acceptors (Lipinski definition) is 2. The Bertz CT molecular complexity index is 820. The Balaban J connectivity index is 2.05. The number of hydrogen-bond donors (Lipinski definition) is 0. The van der Waals surface area contributed by atoms with E-state index in [1.807, 2.05) is 65.9 Å². The number of ether oxygens (including phenoxy) is 1. The van der Waals surface area contributed by atoms with Crippen LogP contribution in [0.3, 0.4) is 0 Å². The number of benzene rings is 1. The normalized spacial score (nSPS) is 16.7. The predicted molar refractivity (Wildman–Crippen MR) is 97.3 cm³/mol. The molecule has 134 valence electrons. The average molecular weight is 467 g/mol. The van der Waals surface area contributed by atoms with Crippen LogP contribution in [-0.4, -0.2) is 23.2 Å². The van der Waals surface area contributed by atoms with Gasteiger partial charge in [-0.15, -0.1) is 0 Å². The zero-order valence-corrected chi connectivity index (χ0v) is 17.2. The van der Waals surface area contributed by atoms with E-state index in [0.29, 0.717) is 17.9 Å². The second kappa shape index (κ2) is 7.94. The summed E-state index contributed by atoms with van der Waals surface area (Å²) < 4.78 is 9.88. The van der Waals surface area contributed by atoms with Crippen LogP contribution in [-0.2, 0) is 20.6 Å². The molecule has 0 saturated carbocycles. The molecule has 1 aromatic heterocycles. The van der Waals surface area contributed by atoms with E-state index in [1.165, 1.54) is 0 Å². The van der Waals surface area contributed by atoms with Gasteiger partial charge in [-0.25, -0.2) is 0 Å². The van der Waals surface area contributed by atoms with Gasteiger partial charge in [-0.05, 0) is 0 Å². The van der Waals surface area contributed by atoms with Crippen LogP contribution in [0.1, 0.15) is 29.3 Å². The second-order valence-electron chi connectivity index (χ2n) is 5.82. The van der Waals surface area contributed by atoms with Crippen LogP contribution in [0.15, 0.2) is 42.7 Å². The van der Waals surface area contributed by atoms with E-state index in [9.17, 15) is 4.79 Å². The molecule has 25 heavy (non-hydrogen) atoms. The van der Waals surface area contributed by atoms with Crippen molar-refractivity contribution in [2.75, 3.05) is 11.4 Å². The van der Waals surface area contributed by atoms with Crippen molar-refractivity contribution in [2.45, 2.75) is 19.4 Å². The van der Waals surface area contributed by atoms with Crippen LogP contribution >= 0.6 is 19.4 Å². The quantitative estimate of drug-likeness (QED) is 0.512. The van der Waals surface area contributed by atoms with Gasteiger partial charge in [0.15, 0.2) is 0 Å². The topological polar surface area (TPSA) is 33.4 Å². The van der Waals surface area contributed by atoms with Crippen LogP contribution in [0, 0.1) is 0 Å². The summed E-state index contributed by atoms with van der Waals surface area (Å²) in [5.74, 6) is 0.655. The summed E-state index contributed by atoms with van der Waals surface area (Å²) in [5, 5.41) is 0. The third kappa shape index (κ3) is 4.11. The molecule has 0 spiro atoms. The van der Waals surface area contributed by atoms with Crippen molar-refractivity contribution in [3.05, 3.63) is 53.9 Å². The predicted octanol–water partition coefficient (Wildman–Crippen LogP) is 3.41. The summed E-state index contributed by atoms with van der Waals surface area (Å²) in [5.41, 5.74) is 2.27. The Morgan fingerprint density at radius 3 is 2.72 bits per heavy atom. The number of nitrogens with zero attached hydrogens (tertiary/aromatic N) is 2. The molecule has 2 heterocycles. The van der Waals surface area contributed by atoms with Crippen molar-refractivity contribution in [2.24, 2.45) is 7.05 Å². The van der Waals surface area contributed by atoms with E-state index in [1.54, 1.807) is 4.90 Å². The van der Waals surface area contributed by atoms with Gasteiger partial charge in [0, 0.05) is 0 Å². The molecule has 1 aliphatic rings. The standard InChI is InChI=1S/C18H19N2O2.2ClH.Ru/c1-4-15-12-20(16-7-5-6-13(2)17(16)22-15)18(21)14-8-10-19(3)11-9-14;;;/h2,5-11,15H,4,12H2,1,3H3;2*1H;/q+1;;;+2/p-2. The van der Waals surface area contributed by atoms with Crippen molar-refractivity contribution in [1.82, 2.24) is 0 Å². The number of anilines is 1. The van der Waals surface area contributed by atoms with Crippen molar-refractivity contribution in [3.8, 4) is 5.75 Å². The van der Waals surface area contributed by atoms with E-state index in [-0.39, 0.29) is 12.0 Å². The molecule has 1 aromatic carbocycles. The molecule has 1 aliphatic heterocycles. The summed E-state index contributed by atoms with van der Waals surface area (Å²) in [6, 6.07) is 9.38. The van der Waals surface area contributed by atoms with Gasteiger partial charge in [-0.3, -0.25) is 0 Å². The Kier molecular flexibility index (Phi) is 5.88. The van der Waals surface area contributed by atoms with E-state index in [4.69, 9.17) is 24.1 Å². The van der Waals surface area contributed by atoms with Gasteiger partial charge in [-0.1, -0.05) is 0 Å². The molecule has 1 atom stereocenters. The minimum atomic E-state index is -1.99. The Labute approximate surface area is 160 Å². The van der Waals surface area contributed by atoms with Crippen molar-refractivity contribution in [3.63, 3.8) is 0 Å². The molecule has 7 heteroatoms. The van der Waals surface area contributed by atoms with Gasteiger partial charge in [0.05, 0.1) is 0 Å². The number of para-hydroxylation sites is 1. The maximum atomic E-state index is 13.1. The van der Waals surface area contributed by atoms with Crippen molar-refractivity contribution in [1.29, 1.82) is 0 Å². The van der Waals surface area contributed by atoms with Gasteiger partial charge in [0.25, 0.3) is 0 Å². The molecule has 0 aliphatic carbocycles. The fraction of sp³-hybridized carbons (Fsp3) is 0.278. The van der Waals surface area contributed by atoms with Crippen LogP contribution in [0.2, 0.25) is 0 Å². The third-order valence-electron chi connectivity index (χ3n) is 4.10. The number of carbonyl (C=O) groups is 1. The molecule has 0 saturated heterocycles. The number of aromatic nitrogens is 1.